The van der Waals surface area contributed by atoms with E-state index in [1.807, 2.05) is 0 Å². The molecule has 1 rings (SSSR count). The molecule has 46 valence electrons. The van der Waals surface area contributed by atoms with E-state index < -0.39 is 5.97 Å². The summed E-state index contributed by atoms with van der Waals surface area (Å²) in [6.45, 7) is 5.09. The van der Waals surface area contributed by atoms with Gasteiger partial charge < -0.3 is 9.52 Å². The Morgan fingerprint density at radius 2 is 2.33 bits per heavy atom. The van der Waals surface area contributed by atoms with Crippen molar-refractivity contribution in [2.45, 2.75) is 0 Å². The summed E-state index contributed by atoms with van der Waals surface area (Å²) >= 11 is 0. The largest absolute Gasteiger partial charge is 0.475 e. The molecule has 0 aliphatic heterocycles. The van der Waals surface area contributed by atoms with Crippen LogP contribution in [0.4, 0.5) is 0 Å². The van der Waals surface area contributed by atoms with E-state index in [0.717, 1.165) is 0 Å². The summed E-state index contributed by atoms with van der Waals surface area (Å²) in [4.78, 5) is 10.1. The lowest BCUT2D eigenvalue weighted by Crippen LogP contribution is -1.91. The van der Waals surface area contributed by atoms with Crippen LogP contribution in [-0.4, -0.2) is 11.1 Å². The van der Waals surface area contributed by atoms with Crippen LogP contribution in [-0.2, 0) is 0 Å². The SMILES string of the molecule is [CH]c1ccc(C(=O)O)o1. The van der Waals surface area contributed by atoms with Gasteiger partial charge in [-0.3, -0.25) is 0 Å². The van der Waals surface area contributed by atoms with Gasteiger partial charge in [-0.15, -0.1) is 0 Å². The Kier molecular flexibility index (Phi) is 1.26. The molecule has 3 heteroatoms. The first-order valence-corrected chi connectivity index (χ1v) is 2.29. The maximum atomic E-state index is 10.1. The van der Waals surface area contributed by atoms with Crippen molar-refractivity contribution in [1.29, 1.82) is 0 Å². The Morgan fingerprint density at radius 1 is 1.67 bits per heavy atom. The second kappa shape index (κ2) is 1.93. The lowest BCUT2D eigenvalue weighted by molar-refractivity contribution is 0.0661. The summed E-state index contributed by atoms with van der Waals surface area (Å²) in [7, 11) is 0. The van der Waals surface area contributed by atoms with Crippen LogP contribution in [0.25, 0.3) is 0 Å². The molecule has 0 amide bonds. The Labute approximate surface area is 51.9 Å². The van der Waals surface area contributed by atoms with Crippen LogP contribution in [0.5, 0.6) is 0 Å². The third-order valence-electron chi connectivity index (χ3n) is 0.838. The van der Waals surface area contributed by atoms with Gasteiger partial charge in [0.2, 0.25) is 5.76 Å². The molecule has 1 aromatic rings. The number of rotatable bonds is 1. The smallest absolute Gasteiger partial charge is 0.371 e. The lowest BCUT2D eigenvalue weighted by Gasteiger charge is -1.81. The molecule has 1 N–H and O–H groups in total. The van der Waals surface area contributed by atoms with Crippen molar-refractivity contribution in [3.05, 3.63) is 30.6 Å². The van der Waals surface area contributed by atoms with Crippen molar-refractivity contribution >= 4 is 5.97 Å². The molecule has 0 aliphatic rings. The van der Waals surface area contributed by atoms with Crippen molar-refractivity contribution < 1.29 is 14.3 Å². The van der Waals surface area contributed by atoms with E-state index >= 15 is 0 Å². The van der Waals surface area contributed by atoms with Gasteiger partial charge in [-0.2, -0.15) is 0 Å². The summed E-state index contributed by atoms with van der Waals surface area (Å²) < 4.78 is 4.52. The van der Waals surface area contributed by atoms with Crippen molar-refractivity contribution in [3.8, 4) is 0 Å². The van der Waals surface area contributed by atoms with Gasteiger partial charge in [-0.05, 0) is 12.1 Å². The lowest BCUT2D eigenvalue weighted by atomic mass is 10.4. The average molecular weight is 124 g/mol. The fraction of sp³-hybridized carbons (Fsp3) is 0. The minimum atomic E-state index is -1.10. The Balaban J connectivity index is 2.98. The zero-order valence-corrected chi connectivity index (χ0v) is 4.50. The summed E-state index contributed by atoms with van der Waals surface area (Å²) in [5.41, 5.74) is 0. The average Bonchev–Trinajstić information content (AvgIpc) is 2.14. The standard InChI is InChI=1S/C6H4O3/c1-4-2-3-5(9-4)6(7)8/h1-3H,(H,7,8). The molecule has 0 saturated carbocycles. The van der Waals surface area contributed by atoms with Crippen LogP contribution in [0.1, 0.15) is 16.3 Å². The normalized spacial score (nSPS) is 9.44. The number of carboxylic acids is 1. The van der Waals surface area contributed by atoms with E-state index in [4.69, 9.17) is 12.0 Å². The molecule has 1 heterocycles. The van der Waals surface area contributed by atoms with Gasteiger partial charge in [0.05, 0.1) is 0 Å². The van der Waals surface area contributed by atoms with Gasteiger partial charge >= 0.3 is 5.97 Å². The highest BCUT2D eigenvalue weighted by molar-refractivity contribution is 5.84. The van der Waals surface area contributed by atoms with Crippen LogP contribution in [0.15, 0.2) is 16.5 Å². The first-order valence-electron chi connectivity index (χ1n) is 2.29. The van der Waals surface area contributed by atoms with Crippen molar-refractivity contribution in [1.82, 2.24) is 0 Å². The Bertz CT molecular complexity index is 224. The maximum absolute atomic E-state index is 10.1. The number of carboxylic acid groups (broad SMARTS) is 1. The molecule has 0 fully saturated rings. The topological polar surface area (TPSA) is 50.4 Å². The van der Waals surface area contributed by atoms with Crippen LogP contribution >= 0.6 is 0 Å². The molecule has 0 saturated heterocycles. The second-order valence-corrected chi connectivity index (χ2v) is 1.51. The molecule has 1 aromatic heterocycles. The van der Waals surface area contributed by atoms with E-state index in [0.29, 0.717) is 0 Å². The predicted octanol–water partition coefficient (Wildman–Crippen LogP) is 1.04. The van der Waals surface area contributed by atoms with Gasteiger partial charge in [-0.25, -0.2) is 4.79 Å². The number of hydrogen-bond acceptors (Lipinski definition) is 2. The van der Waals surface area contributed by atoms with E-state index in [1.54, 1.807) is 0 Å². The molecule has 0 unspecified atom stereocenters. The zero-order chi connectivity index (χ0) is 6.85. The van der Waals surface area contributed by atoms with Crippen LogP contribution < -0.4 is 0 Å². The van der Waals surface area contributed by atoms with Gasteiger partial charge in [-0.1, -0.05) is 0 Å². The highest BCUT2D eigenvalue weighted by Crippen LogP contribution is 2.04. The van der Waals surface area contributed by atoms with Gasteiger partial charge in [0.1, 0.15) is 5.76 Å². The van der Waals surface area contributed by atoms with Gasteiger partial charge in [0.15, 0.2) is 0 Å². The van der Waals surface area contributed by atoms with Gasteiger partial charge in [0.25, 0.3) is 0 Å². The number of aromatic carboxylic acids is 1. The first-order chi connectivity index (χ1) is 4.20. The zero-order valence-electron chi connectivity index (χ0n) is 4.50. The van der Waals surface area contributed by atoms with Crippen molar-refractivity contribution in [3.63, 3.8) is 0 Å². The highest BCUT2D eigenvalue weighted by Gasteiger charge is 2.05. The maximum Gasteiger partial charge on any atom is 0.371 e. The van der Waals surface area contributed by atoms with E-state index in [-0.39, 0.29) is 11.5 Å². The van der Waals surface area contributed by atoms with Crippen molar-refractivity contribution in [2.24, 2.45) is 0 Å². The molecule has 9 heavy (non-hydrogen) atoms. The fourth-order valence-corrected chi connectivity index (χ4v) is 0.468. The molecule has 3 nitrogen and oxygen atoms in total. The Morgan fingerprint density at radius 3 is 2.56 bits per heavy atom. The van der Waals surface area contributed by atoms with Crippen molar-refractivity contribution in [2.75, 3.05) is 0 Å². The minimum absolute atomic E-state index is 0.118. The van der Waals surface area contributed by atoms with Gasteiger partial charge in [0, 0.05) is 6.92 Å². The third-order valence-corrected chi connectivity index (χ3v) is 0.838. The monoisotopic (exact) mass is 124 g/mol. The first kappa shape index (κ1) is 5.88. The molecule has 0 spiro atoms. The summed E-state index contributed by atoms with van der Waals surface area (Å²) in [6.07, 6.45) is 0. The van der Waals surface area contributed by atoms with Crippen LogP contribution in [0.2, 0.25) is 0 Å². The second-order valence-electron chi connectivity index (χ2n) is 1.51. The Hall–Kier alpha value is -1.25. The number of hydrogen-bond donors (Lipinski definition) is 1. The summed E-state index contributed by atoms with van der Waals surface area (Å²) in [6, 6.07) is 2.70. The quantitative estimate of drug-likeness (QED) is 0.608. The summed E-state index contributed by atoms with van der Waals surface area (Å²) in [5, 5.41) is 8.25. The molecule has 0 aromatic carbocycles. The van der Waals surface area contributed by atoms with Crippen LogP contribution in [0.3, 0.4) is 0 Å². The third kappa shape index (κ3) is 1.10. The predicted molar refractivity (Wildman–Crippen MR) is 29.1 cm³/mol. The van der Waals surface area contributed by atoms with E-state index in [9.17, 15) is 4.79 Å². The molecule has 2 radical (unpaired) electrons. The molecule has 0 atom stereocenters. The molecular formula is C6H4O3. The molecule has 0 aliphatic carbocycles. The number of furan rings is 1. The highest BCUT2D eigenvalue weighted by atomic mass is 16.4. The molecular weight excluding hydrogens is 120 g/mol. The van der Waals surface area contributed by atoms with Crippen LogP contribution in [0, 0.1) is 6.92 Å². The summed E-state index contributed by atoms with van der Waals surface area (Å²) in [5.74, 6) is -1.12. The van der Waals surface area contributed by atoms with E-state index in [2.05, 4.69) is 4.42 Å². The molecule has 0 bridgehead atoms. The minimum Gasteiger partial charge on any atom is -0.475 e. The number of carbonyl (C=O) groups is 1. The van der Waals surface area contributed by atoms with E-state index in [1.165, 1.54) is 12.1 Å². The fourth-order valence-electron chi connectivity index (χ4n) is 0.468.